The molecular weight excluding hydrogens is 550 g/mol. The fourth-order valence-electron chi connectivity index (χ4n) is 5.74. The minimum atomic E-state index is -5.30. The number of amides is 2. The molecule has 2 aliphatic heterocycles. The smallest absolute Gasteiger partial charge is 0.371 e. The number of aliphatic hydroxyl groups is 1. The Morgan fingerprint density at radius 1 is 0.975 bits per heavy atom. The number of anilines is 1. The summed E-state index contributed by atoms with van der Waals surface area (Å²) in [7, 11) is 3.35. The van der Waals surface area contributed by atoms with Crippen LogP contribution in [-0.2, 0) is 10.4 Å². The third kappa shape index (κ3) is 6.22. The maximum Gasteiger partial charge on any atom is 0.430 e. The van der Waals surface area contributed by atoms with E-state index in [0.29, 0.717) is 35.4 Å². The second kappa shape index (κ2) is 11.9. The SMILES string of the molecule is CN(C)C(=O)c1ccc(N2CCC(CC3CCN(C(=O)[C@](O)(c4cccc(F)c4)C(F)(F)F)CC3)CC2)cc1Cl. The number of carbonyl (C=O) groups excluding carboxylic acids is 2. The maximum atomic E-state index is 13.9. The van der Waals surface area contributed by atoms with Crippen molar-refractivity contribution in [2.45, 2.75) is 43.9 Å². The molecular formula is C29H34ClF4N3O3. The molecule has 40 heavy (non-hydrogen) atoms. The Morgan fingerprint density at radius 3 is 2.10 bits per heavy atom. The molecule has 11 heteroatoms. The summed E-state index contributed by atoms with van der Waals surface area (Å²) in [5.41, 5.74) is -3.20. The van der Waals surface area contributed by atoms with Crippen LogP contribution in [0.2, 0.25) is 5.02 Å². The largest absolute Gasteiger partial charge is 0.430 e. The lowest BCUT2D eigenvalue weighted by molar-refractivity contribution is -0.262. The second-order valence-corrected chi connectivity index (χ2v) is 11.4. The van der Waals surface area contributed by atoms with E-state index in [0.717, 1.165) is 61.1 Å². The summed E-state index contributed by atoms with van der Waals surface area (Å²) in [6.07, 6.45) is -1.40. The van der Waals surface area contributed by atoms with Crippen LogP contribution < -0.4 is 4.90 Å². The highest BCUT2D eigenvalue weighted by atomic mass is 35.5. The van der Waals surface area contributed by atoms with Crippen LogP contribution >= 0.6 is 11.6 Å². The van der Waals surface area contributed by atoms with Crippen LogP contribution in [-0.4, -0.2) is 73.2 Å². The van der Waals surface area contributed by atoms with E-state index < -0.39 is 29.1 Å². The summed E-state index contributed by atoms with van der Waals surface area (Å²) in [6, 6.07) is 8.94. The summed E-state index contributed by atoms with van der Waals surface area (Å²) in [5.74, 6) is -1.86. The van der Waals surface area contributed by atoms with Gasteiger partial charge in [0.15, 0.2) is 0 Å². The number of halogens is 5. The van der Waals surface area contributed by atoms with Crippen molar-refractivity contribution in [3.8, 4) is 0 Å². The normalized spacial score (nSPS) is 18.9. The Kier molecular flexibility index (Phi) is 8.99. The number of carbonyl (C=O) groups is 2. The summed E-state index contributed by atoms with van der Waals surface area (Å²) in [6.45, 7) is 1.86. The van der Waals surface area contributed by atoms with Crippen LogP contribution in [0, 0.1) is 17.7 Å². The number of rotatable bonds is 6. The average molecular weight is 584 g/mol. The van der Waals surface area contributed by atoms with Gasteiger partial charge in [0.05, 0.1) is 10.6 Å². The van der Waals surface area contributed by atoms with Crippen LogP contribution in [0.3, 0.4) is 0 Å². The fraction of sp³-hybridized carbons (Fsp3) is 0.517. The zero-order valence-corrected chi connectivity index (χ0v) is 23.3. The van der Waals surface area contributed by atoms with E-state index >= 15 is 0 Å². The standard InChI is InChI=1S/C29H34ClF4N3O3/c1-35(2)26(38)24-7-6-23(18-25(24)30)36-12-8-19(9-13-36)16-20-10-14-37(15-11-20)27(39)28(40,29(32,33)34)21-4-3-5-22(31)17-21/h3-7,17-20,40H,8-16H2,1-2H3/t28-/m1/s1. The van der Waals surface area contributed by atoms with Gasteiger partial charge in [-0.1, -0.05) is 23.7 Å². The van der Waals surface area contributed by atoms with Gasteiger partial charge in [-0.15, -0.1) is 0 Å². The molecule has 0 saturated carbocycles. The first-order chi connectivity index (χ1) is 18.8. The van der Waals surface area contributed by atoms with Crippen molar-refractivity contribution in [2.75, 3.05) is 45.2 Å². The monoisotopic (exact) mass is 583 g/mol. The van der Waals surface area contributed by atoms with Crippen molar-refractivity contribution in [1.29, 1.82) is 0 Å². The first-order valence-electron chi connectivity index (χ1n) is 13.4. The third-order valence-corrected chi connectivity index (χ3v) is 8.41. The summed E-state index contributed by atoms with van der Waals surface area (Å²) >= 11 is 6.38. The topological polar surface area (TPSA) is 64.1 Å². The van der Waals surface area contributed by atoms with Gasteiger partial charge in [-0.25, -0.2) is 4.39 Å². The molecule has 2 aliphatic rings. The van der Waals surface area contributed by atoms with E-state index in [4.69, 9.17) is 11.6 Å². The zero-order chi connectivity index (χ0) is 29.2. The molecule has 1 atom stereocenters. The lowest BCUT2D eigenvalue weighted by atomic mass is 9.82. The maximum absolute atomic E-state index is 13.9. The highest BCUT2D eigenvalue weighted by molar-refractivity contribution is 6.34. The van der Waals surface area contributed by atoms with Crippen molar-refractivity contribution in [1.82, 2.24) is 9.80 Å². The fourth-order valence-corrected chi connectivity index (χ4v) is 5.99. The number of piperidine rings is 2. The predicted molar refractivity (Wildman–Crippen MR) is 145 cm³/mol. The van der Waals surface area contributed by atoms with E-state index in [2.05, 4.69) is 4.90 Å². The van der Waals surface area contributed by atoms with Crippen molar-refractivity contribution < 1.29 is 32.3 Å². The van der Waals surface area contributed by atoms with Crippen molar-refractivity contribution in [3.63, 3.8) is 0 Å². The van der Waals surface area contributed by atoms with Crippen LogP contribution in [0.4, 0.5) is 23.2 Å². The highest BCUT2D eigenvalue weighted by Crippen LogP contribution is 2.42. The molecule has 0 aliphatic carbocycles. The van der Waals surface area contributed by atoms with Crippen LogP contribution in [0.1, 0.15) is 48.0 Å². The summed E-state index contributed by atoms with van der Waals surface area (Å²) in [4.78, 5) is 30.0. The lowest BCUT2D eigenvalue weighted by Gasteiger charge is -2.40. The first kappa shape index (κ1) is 30.1. The molecule has 0 bridgehead atoms. The molecule has 2 saturated heterocycles. The number of likely N-dealkylation sites (tertiary alicyclic amines) is 1. The molecule has 2 fully saturated rings. The Hall–Kier alpha value is -2.85. The molecule has 0 unspecified atom stereocenters. The quantitative estimate of drug-likeness (QED) is 0.458. The number of benzene rings is 2. The molecule has 218 valence electrons. The van der Waals surface area contributed by atoms with E-state index in [9.17, 15) is 32.3 Å². The first-order valence-corrected chi connectivity index (χ1v) is 13.8. The van der Waals surface area contributed by atoms with Gasteiger partial charge in [0.25, 0.3) is 17.4 Å². The van der Waals surface area contributed by atoms with Gasteiger partial charge in [-0.3, -0.25) is 9.59 Å². The second-order valence-electron chi connectivity index (χ2n) is 11.0. The van der Waals surface area contributed by atoms with E-state index in [1.807, 2.05) is 12.1 Å². The molecule has 2 amide bonds. The van der Waals surface area contributed by atoms with Crippen LogP contribution in [0.25, 0.3) is 0 Å². The Balaban J connectivity index is 1.30. The number of alkyl halides is 3. The van der Waals surface area contributed by atoms with E-state index in [-0.39, 0.29) is 24.9 Å². The Labute approximate surface area is 236 Å². The minimum Gasteiger partial charge on any atom is -0.371 e. The molecule has 2 aromatic rings. The van der Waals surface area contributed by atoms with Gasteiger partial charge in [0.2, 0.25) is 0 Å². The van der Waals surface area contributed by atoms with Crippen LogP contribution in [0.5, 0.6) is 0 Å². The van der Waals surface area contributed by atoms with Crippen molar-refractivity contribution in [2.24, 2.45) is 11.8 Å². The third-order valence-electron chi connectivity index (χ3n) is 8.10. The van der Waals surface area contributed by atoms with Crippen molar-refractivity contribution >= 4 is 29.1 Å². The number of hydrogen-bond acceptors (Lipinski definition) is 4. The van der Waals surface area contributed by atoms with Crippen molar-refractivity contribution in [3.05, 3.63) is 64.4 Å². The lowest BCUT2D eigenvalue weighted by Crippen LogP contribution is -2.57. The summed E-state index contributed by atoms with van der Waals surface area (Å²) < 4.78 is 55.4. The minimum absolute atomic E-state index is 0.104. The molecule has 2 heterocycles. The number of nitrogens with zero attached hydrogens (tertiary/aromatic N) is 3. The average Bonchev–Trinajstić information content (AvgIpc) is 2.92. The van der Waals surface area contributed by atoms with Gasteiger partial charge in [0, 0.05) is 51.5 Å². The molecule has 1 N–H and O–H groups in total. The summed E-state index contributed by atoms with van der Waals surface area (Å²) in [5, 5.41) is 11.0. The Bertz CT molecular complexity index is 1230. The molecule has 2 aromatic carbocycles. The number of hydrogen-bond donors (Lipinski definition) is 1. The molecule has 4 rings (SSSR count). The van der Waals surface area contributed by atoms with Gasteiger partial charge in [-0.05, 0) is 74.3 Å². The van der Waals surface area contributed by atoms with Gasteiger partial charge >= 0.3 is 6.18 Å². The predicted octanol–water partition coefficient (Wildman–Crippen LogP) is 5.48. The van der Waals surface area contributed by atoms with E-state index in [1.165, 1.54) is 4.90 Å². The molecule has 0 aromatic heterocycles. The zero-order valence-electron chi connectivity index (χ0n) is 22.6. The van der Waals surface area contributed by atoms with E-state index in [1.54, 1.807) is 20.2 Å². The van der Waals surface area contributed by atoms with Gasteiger partial charge < -0.3 is 19.8 Å². The van der Waals surface area contributed by atoms with Crippen LogP contribution in [0.15, 0.2) is 42.5 Å². The Morgan fingerprint density at radius 2 is 1.57 bits per heavy atom. The molecule has 0 radical (unpaired) electrons. The highest BCUT2D eigenvalue weighted by Gasteiger charge is 2.62. The molecule has 6 nitrogen and oxygen atoms in total. The molecule has 0 spiro atoms. The van der Waals surface area contributed by atoms with Gasteiger partial charge in [0.1, 0.15) is 5.82 Å². The van der Waals surface area contributed by atoms with Gasteiger partial charge in [-0.2, -0.15) is 13.2 Å².